The summed E-state index contributed by atoms with van der Waals surface area (Å²) >= 11 is 0. The summed E-state index contributed by atoms with van der Waals surface area (Å²) in [6.07, 6.45) is 4.62. The Morgan fingerprint density at radius 3 is 2.33 bits per heavy atom. The molecule has 0 radical (unpaired) electrons. The molecule has 7 nitrogen and oxygen atoms in total. The standard InChI is InChI=1S/C17H28N4O3/c1-11(18-12(2)22)13(23)20-17(9-7-6-8-10-17)15-19-14(21-24-15)16(3,4)5/h11H,6-10H2,1-5H3,(H,18,22)(H,20,23)/t11-/m1/s1. The van der Waals surface area contributed by atoms with Crippen molar-refractivity contribution in [3.63, 3.8) is 0 Å². The normalized spacial score (nSPS) is 18.7. The third kappa shape index (κ3) is 4.13. The summed E-state index contributed by atoms with van der Waals surface area (Å²) in [5, 5.41) is 9.78. The molecule has 1 fully saturated rings. The van der Waals surface area contributed by atoms with Crippen LogP contribution < -0.4 is 10.6 Å². The Balaban J connectivity index is 2.25. The summed E-state index contributed by atoms with van der Waals surface area (Å²) < 4.78 is 5.53. The van der Waals surface area contributed by atoms with Crippen LogP contribution in [0.5, 0.6) is 0 Å². The topological polar surface area (TPSA) is 97.1 Å². The summed E-state index contributed by atoms with van der Waals surface area (Å²) in [4.78, 5) is 28.3. The lowest BCUT2D eigenvalue weighted by atomic mass is 9.81. The predicted octanol–water partition coefficient (Wildman–Crippen LogP) is 2.17. The fourth-order valence-corrected chi connectivity index (χ4v) is 2.98. The lowest BCUT2D eigenvalue weighted by Gasteiger charge is -2.35. The van der Waals surface area contributed by atoms with Crippen LogP contribution in [0.25, 0.3) is 0 Å². The van der Waals surface area contributed by atoms with Gasteiger partial charge >= 0.3 is 0 Å². The van der Waals surface area contributed by atoms with Gasteiger partial charge in [0.1, 0.15) is 11.6 Å². The molecule has 1 aromatic heterocycles. The van der Waals surface area contributed by atoms with E-state index in [1.807, 2.05) is 20.8 Å². The number of rotatable bonds is 4. The number of amides is 2. The molecule has 0 aliphatic heterocycles. The highest BCUT2D eigenvalue weighted by Gasteiger charge is 2.42. The van der Waals surface area contributed by atoms with Gasteiger partial charge in [0.15, 0.2) is 5.82 Å². The quantitative estimate of drug-likeness (QED) is 0.878. The van der Waals surface area contributed by atoms with Crippen LogP contribution in [-0.2, 0) is 20.5 Å². The Bertz CT molecular complexity index is 597. The van der Waals surface area contributed by atoms with Crippen molar-refractivity contribution in [1.29, 1.82) is 0 Å². The maximum atomic E-state index is 12.5. The second-order valence-electron chi connectivity index (χ2n) is 7.73. The van der Waals surface area contributed by atoms with Crippen LogP contribution in [0.1, 0.15) is 78.4 Å². The molecule has 1 saturated carbocycles. The van der Waals surface area contributed by atoms with E-state index in [1.165, 1.54) is 6.92 Å². The molecule has 0 saturated heterocycles. The van der Waals surface area contributed by atoms with Crippen molar-refractivity contribution < 1.29 is 14.1 Å². The summed E-state index contributed by atoms with van der Waals surface area (Å²) in [6.45, 7) is 9.13. The molecule has 1 aliphatic rings. The Kier molecular flexibility index (Phi) is 5.30. The summed E-state index contributed by atoms with van der Waals surface area (Å²) in [5.41, 5.74) is -0.857. The van der Waals surface area contributed by atoms with Crippen LogP contribution >= 0.6 is 0 Å². The zero-order valence-corrected chi connectivity index (χ0v) is 15.2. The minimum atomic E-state index is -0.640. The molecule has 1 aromatic rings. The molecular formula is C17H28N4O3. The molecule has 0 spiro atoms. The molecule has 2 rings (SSSR count). The molecule has 2 N–H and O–H groups in total. The van der Waals surface area contributed by atoms with Gasteiger partial charge in [0.05, 0.1) is 0 Å². The van der Waals surface area contributed by atoms with Crippen molar-refractivity contribution in [1.82, 2.24) is 20.8 Å². The van der Waals surface area contributed by atoms with E-state index in [4.69, 9.17) is 4.52 Å². The van der Waals surface area contributed by atoms with Crippen LogP contribution in [-0.4, -0.2) is 28.0 Å². The van der Waals surface area contributed by atoms with Crippen molar-refractivity contribution >= 4 is 11.8 Å². The van der Waals surface area contributed by atoms with Crippen LogP contribution in [0.3, 0.4) is 0 Å². The Hall–Kier alpha value is -1.92. The molecular weight excluding hydrogens is 308 g/mol. The highest BCUT2D eigenvalue weighted by atomic mass is 16.5. The first kappa shape index (κ1) is 18.4. The number of carbonyl (C=O) groups excluding carboxylic acids is 2. The van der Waals surface area contributed by atoms with Crippen LogP contribution in [0, 0.1) is 0 Å². The number of aromatic nitrogens is 2. The minimum absolute atomic E-state index is 0.217. The summed E-state index contributed by atoms with van der Waals surface area (Å²) in [7, 11) is 0. The first-order chi connectivity index (χ1) is 11.1. The first-order valence-corrected chi connectivity index (χ1v) is 8.58. The Morgan fingerprint density at radius 1 is 1.21 bits per heavy atom. The van der Waals surface area contributed by atoms with E-state index >= 15 is 0 Å². The molecule has 0 unspecified atom stereocenters. The molecule has 1 atom stereocenters. The largest absolute Gasteiger partial charge is 0.345 e. The van der Waals surface area contributed by atoms with Crippen molar-refractivity contribution in [3.8, 4) is 0 Å². The molecule has 134 valence electrons. The molecule has 0 aromatic carbocycles. The number of hydrogen-bond acceptors (Lipinski definition) is 5. The second kappa shape index (κ2) is 6.91. The van der Waals surface area contributed by atoms with E-state index in [2.05, 4.69) is 20.8 Å². The van der Waals surface area contributed by atoms with E-state index in [-0.39, 0.29) is 17.2 Å². The number of hydrogen-bond donors (Lipinski definition) is 2. The van der Waals surface area contributed by atoms with Crippen LogP contribution in [0.2, 0.25) is 0 Å². The average Bonchev–Trinajstić information content (AvgIpc) is 2.98. The van der Waals surface area contributed by atoms with Crippen molar-refractivity contribution in [2.24, 2.45) is 0 Å². The van der Waals surface area contributed by atoms with Crippen molar-refractivity contribution in [3.05, 3.63) is 11.7 Å². The first-order valence-electron chi connectivity index (χ1n) is 8.58. The van der Waals surface area contributed by atoms with Gasteiger partial charge in [0.25, 0.3) is 5.89 Å². The Labute approximate surface area is 143 Å². The fourth-order valence-electron chi connectivity index (χ4n) is 2.98. The third-order valence-electron chi connectivity index (χ3n) is 4.39. The second-order valence-corrected chi connectivity index (χ2v) is 7.73. The van der Waals surface area contributed by atoms with Gasteiger partial charge in [0, 0.05) is 12.3 Å². The van der Waals surface area contributed by atoms with E-state index in [0.29, 0.717) is 11.7 Å². The van der Waals surface area contributed by atoms with Crippen LogP contribution in [0.4, 0.5) is 0 Å². The summed E-state index contributed by atoms with van der Waals surface area (Å²) in [6, 6.07) is -0.605. The number of carbonyl (C=O) groups is 2. The molecule has 7 heteroatoms. The summed E-state index contributed by atoms with van der Waals surface area (Å²) in [5.74, 6) is 0.632. The SMILES string of the molecule is CC(=O)N[C@H](C)C(=O)NC1(c2nc(C(C)(C)C)no2)CCCCC1. The fraction of sp³-hybridized carbons (Fsp3) is 0.765. The van der Waals surface area contributed by atoms with Gasteiger partial charge in [-0.05, 0) is 19.8 Å². The third-order valence-corrected chi connectivity index (χ3v) is 4.39. The lowest BCUT2D eigenvalue weighted by molar-refractivity contribution is -0.129. The molecule has 0 bridgehead atoms. The number of nitrogens with one attached hydrogen (secondary N) is 2. The van der Waals surface area contributed by atoms with E-state index in [0.717, 1.165) is 32.1 Å². The van der Waals surface area contributed by atoms with Gasteiger partial charge in [-0.1, -0.05) is 45.2 Å². The highest BCUT2D eigenvalue weighted by molar-refractivity contribution is 5.86. The van der Waals surface area contributed by atoms with Gasteiger partial charge in [-0.2, -0.15) is 4.98 Å². The van der Waals surface area contributed by atoms with Gasteiger partial charge in [-0.25, -0.2) is 0 Å². The Morgan fingerprint density at radius 2 is 1.83 bits per heavy atom. The van der Waals surface area contributed by atoms with E-state index in [1.54, 1.807) is 6.92 Å². The molecule has 1 aliphatic carbocycles. The van der Waals surface area contributed by atoms with Gasteiger partial charge in [-0.3, -0.25) is 9.59 Å². The van der Waals surface area contributed by atoms with E-state index in [9.17, 15) is 9.59 Å². The average molecular weight is 336 g/mol. The van der Waals surface area contributed by atoms with Crippen LogP contribution in [0.15, 0.2) is 4.52 Å². The van der Waals surface area contributed by atoms with Crippen molar-refractivity contribution in [2.45, 2.75) is 83.7 Å². The zero-order valence-electron chi connectivity index (χ0n) is 15.2. The molecule has 24 heavy (non-hydrogen) atoms. The van der Waals surface area contributed by atoms with Gasteiger partial charge in [0.2, 0.25) is 11.8 Å². The van der Waals surface area contributed by atoms with Crippen molar-refractivity contribution in [2.75, 3.05) is 0 Å². The maximum absolute atomic E-state index is 12.5. The monoisotopic (exact) mass is 336 g/mol. The van der Waals surface area contributed by atoms with Gasteiger partial charge < -0.3 is 15.2 Å². The minimum Gasteiger partial charge on any atom is -0.345 e. The van der Waals surface area contributed by atoms with E-state index < -0.39 is 11.6 Å². The maximum Gasteiger partial charge on any atom is 0.252 e. The predicted molar refractivity (Wildman–Crippen MR) is 89.2 cm³/mol. The number of nitrogens with zero attached hydrogens (tertiary/aromatic N) is 2. The smallest absolute Gasteiger partial charge is 0.252 e. The highest BCUT2D eigenvalue weighted by Crippen LogP contribution is 2.37. The molecule has 1 heterocycles. The van der Waals surface area contributed by atoms with Gasteiger partial charge in [-0.15, -0.1) is 0 Å². The zero-order chi connectivity index (χ0) is 18.0. The lowest BCUT2D eigenvalue weighted by Crippen LogP contribution is -2.53. The molecule has 2 amide bonds.